The normalized spacial score (nSPS) is 13.7. The molecule has 1 rings (SSSR count). The van der Waals surface area contributed by atoms with Gasteiger partial charge in [0.15, 0.2) is 0 Å². The predicted octanol–water partition coefficient (Wildman–Crippen LogP) is 3.79. The molecule has 5 heteroatoms. The zero-order valence-electron chi connectivity index (χ0n) is 12.7. The highest BCUT2D eigenvalue weighted by Gasteiger charge is 2.26. The summed E-state index contributed by atoms with van der Waals surface area (Å²) in [5.41, 5.74) is 1.62. The Morgan fingerprint density at radius 2 is 1.95 bits per heavy atom. The Labute approximate surface area is 128 Å². The molecule has 0 saturated heterocycles. The molecular weight excluding hydrogens is 294 g/mol. The van der Waals surface area contributed by atoms with E-state index in [1.807, 2.05) is 19.9 Å². The van der Waals surface area contributed by atoms with Gasteiger partial charge in [0.1, 0.15) is 0 Å². The summed E-state index contributed by atoms with van der Waals surface area (Å²) in [6, 6.07) is 5.29. The molecule has 0 spiro atoms. The molecule has 0 radical (unpaired) electrons. The van der Waals surface area contributed by atoms with Gasteiger partial charge in [-0.25, -0.2) is 8.42 Å². The fourth-order valence-electron chi connectivity index (χ4n) is 2.10. The summed E-state index contributed by atoms with van der Waals surface area (Å²) < 4.78 is 27.1. The molecule has 20 heavy (non-hydrogen) atoms. The molecule has 1 aromatic carbocycles. The Balaban J connectivity index is 3.21. The quantitative estimate of drug-likeness (QED) is 0.717. The largest absolute Gasteiger partial charge is 0.243 e. The standard InChI is InChI=1S/C15H24ClNO2S/c1-5-12(3)11-17(6-2)20(18,19)15-9-7-8-14(10-16)13(15)4/h7-9,12H,5-6,10-11H2,1-4H3. The fraction of sp³-hybridized carbons (Fsp3) is 0.600. The first-order chi connectivity index (χ1) is 9.38. The zero-order valence-corrected chi connectivity index (χ0v) is 14.3. The first-order valence-electron chi connectivity index (χ1n) is 7.03. The van der Waals surface area contributed by atoms with Crippen LogP contribution in [0.5, 0.6) is 0 Å². The SMILES string of the molecule is CCC(C)CN(CC)S(=O)(=O)c1cccc(CCl)c1C. The van der Waals surface area contributed by atoms with Crippen LogP contribution in [0.15, 0.2) is 23.1 Å². The molecule has 0 N–H and O–H groups in total. The molecule has 1 unspecified atom stereocenters. The molecule has 0 aliphatic carbocycles. The van der Waals surface area contributed by atoms with Crippen LogP contribution in [0.1, 0.15) is 38.3 Å². The topological polar surface area (TPSA) is 37.4 Å². The molecule has 0 aliphatic rings. The molecule has 0 amide bonds. The number of hydrogen-bond acceptors (Lipinski definition) is 2. The van der Waals surface area contributed by atoms with E-state index in [9.17, 15) is 8.42 Å². The van der Waals surface area contributed by atoms with E-state index in [-0.39, 0.29) is 0 Å². The molecule has 0 aromatic heterocycles. The Morgan fingerprint density at radius 3 is 2.45 bits per heavy atom. The van der Waals surface area contributed by atoms with Gasteiger partial charge in [0.05, 0.1) is 4.90 Å². The smallest absolute Gasteiger partial charge is 0.207 e. The minimum Gasteiger partial charge on any atom is -0.207 e. The van der Waals surface area contributed by atoms with Crippen LogP contribution in [0, 0.1) is 12.8 Å². The van der Waals surface area contributed by atoms with Crippen molar-refractivity contribution in [3.05, 3.63) is 29.3 Å². The average Bonchev–Trinajstić information content (AvgIpc) is 2.44. The third kappa shape index (κ3) is 3.74. The van der Waals surface area contributed by atoms with Gasteiger partial charge in [-0.2, -0.15) is 4.31 Å². The number of nitrogens with zero attached hydrogens (tertiary/aromatic N) is 1. The number of alkyl halides is 1. The third-order valence-corrected chi connectivity index (χ3v) is 6.10. The van der Waals surface area contributed by atoms with Crippen molar-refractivity contribution in [2.45, 2.75) is 44.9 Å². The molecule has 0 heterocycles. The van der Waals surface area contributed by atoms with Gasteiger partial charge >= 0.3 is 0 Å². The minimum absolute atomic E-state index is 0.326. The maximum Gasteiger partial charge on any atom is 0.243 e. The summed E-state index contributed by atoms with van der Waals surface area (Å²) in [6.45, 7) is 8.88. The van der Waals surface area contributed by atoms with Crippen LogP contribution < -0.4 is 0 Å². The van der Waals surface area contributed by atoms with E-state index in [4.69, 9.17) is 11.6 Å². The summed E-state index contributed by atoms with van der Waals surface area (Å²) in [6.07, 6.45) is 0.965. The Kier molecular flexibility index (Phi) is 6.49. The average molecular weight is 318 g/mol. The van der Waals surface area contributed by atoms with E-state index in [2.05, 4.69) is 13.8 Å². The number of rotatable bonds is 7. The van der Waals surface area contributed by atoms with Gasteiger partial charge in [0.25, 0.3) is 0 Å². The first-order valence-corrected chi connectivity index (χ1v) is 9.00. The lowest BCUT2D eigenvalue weighted by Crippen LogP contribution is -2.35. The van der Waals surface area contributed by atoms with E-state index in [1.54, 1.807) is 16.4 Å². The monoisotopic (exact) mass is 317 g/mol. The van der Waals surface area contributed by atoms with Gasteiger partial charge in [0.2, 0.25) is 10.0 Å². The van der Waals surface area contributed by atoms with Crippen LogP contribution in [0.25, 0.3) is 0 Å². The lowest BCUT2D eigenvalue weighted by Gasteiger charge is -2.24. The van der Waals surface area contributed by atoms with Gasteiger partial charge < -0.3 is 0 Å². The highest BCUT2D eigenvalue weighted by molar-refractivity contribution is 7.89. The predicted molar refractivity (Wildman–Crippen MR) is 84.6 cm³/mol. The van der Waals surface area contributed by atoms with E-state index in [0.717, 1.165) is 17.5 Å². The zero-order chi connectivity index (χ0) is 15.3. The lowest BCUT2D eigenvalue weighted by molar-refractivity contribution is 0.361. The number of halogens is 1. The second-order valence-electron chi connectivity index (χ2n) is 5.14. The van der Waals surface area contributed by atoms with Crippen molar-refractivity contribution >= 4 is 21.6 Å². The van der Waals surface area contributed by atoms with Crippen LogP contribution in [0.3, 0.4) is 0 Å². The van der Waals surface area contributed by atoms with Crippen LogP contribution in [-0.2, 0) is 15.9 Å². The summed E-state index contributed by atoms with van der Waals surface area (Å²) in [7, 11) is -3.44. The molecule has 114 valence electrons. The maximum absolute atomic E-state index is 12.8. The molecule has 3 nitrogen and oxygen atoms in total. The molecular formula is C15H24ClNO2S. The highest BCUT2D eigenvalue weighted by atomic mass is 35.5. The summed E-state index contributed by atoms with van der Waals surface area (Å²) >= 11 is 5.87. The Morgan fingerprint density at radius 1 is 1.30 bits per heavy atom. The molecule has 1 aromatic rings. The molecule has 1 atom stereocenters. The lowest BCUT2D eigenvalue weighted by atomic mass is 10.1. The molecule has 0 aliphatic heterocycles. The summed E-state index contributed by atoms with van der Waals surface area (Å²) in [5, 5.41) is 0. The van der Waals surface area contributed by atoms with Crippen LogP contribution >= 0.6 is 11.6 Å². The van der Waals surface area contributed by atoms with E-state index in [1.165, 1.54) is 0 Å². The van der Waals surface area contributed by atoms with Crippen LogP contribution in [-0.4, -0.2) is 25.8 Å². The first kappa shape index (κ1) is 17.5. The van der Waals surface area contributed by atoms with Crippen molar-refractivity contribution in [1.29, 1.82) is 0 Å². The third-order valence-electron chi connectivity index (χ3n) is 3.72. The van der Waals surface area contributed by atoms with Gasteiger partial charge in [-0.05, 0) is 30.0 Å². The van der Waals surface area contributed by atoms with Gasteiger partial charge in [-0.15, -0.1) is 11.6 Å². The maximum atomic E-state index is 12.8. The van der Waals surface area contributed by atoms with Gasteiger partial charge in [-0.1, -0.05) is 39.3 Å². The minimum atomic E-state index is -3.44. The van der Waals surface area contributed by atoms with Crippen molar-refractivity contribution < 1.29 is 8.42 Å². The summed E-state index contributed by atoms with van der Waals surface area (Å²) in [4.78, 5) is 0.376. The van der Waals surface area contributed by atoms with Crippen molar-refractivity contribution in [3.63, 3.8) is 0 Å². The van der Waals surface area contributed by atoms with Crippen LogP contribution in [0.4, 0.5) is 0 Å². The highest BCUT2D eigenvalue weighted by Crippen LogP contribution is 2.24. The summed E-state index contributed by atoms with van der Waals surface area (Å²) in [5.74, 6) is 0.674. The molecule has 0 fully saturated rings. The van der Waals surface area contributed by atoms with Crippen molar-refractivity contribution in [3.8, 4) is 0 Å². The molecule has 0 saturated carbocycles. The number of hydrogen-bond donors (Lipinski definition) is 0. The molecule has 0 bridgehead atoms. The van der Waals surface area contributed by atoms with Gasteiger partial charge in [-0.3, -0.25) is 0 Å². The fourth-order valence-corrected chi connectivity index (χ4v) is 4.22. The Bertz CT molecular complexity index is 543. The van der Waals surface area contributed by atoms with Gasteiger partial charge in [0, 0.05) is 19.0 Å². The van der Waals surface area contributed by atoms with Crippen LogP contribution in [0.2, 0.25) is 0 Å². The van der Waals surface area contributed by atoms with Crippen molar-refractivity contribution in [2.24, 2.45) is 5.92 Å². The number of sulfonamides is 1. The number of benzene rings is 1. The van der Waals surface area contributed by atoms with E-state index >= 15 is 0 Å². The Hall–Kier alpha value is -0.580. The second-order valence-corrected chi connectivity index (χ2v) is 7.32. The van der Waals surface area contributed by atoms with Crippen molar-refractivity contribution in [2.75, 3.05) is 13.1 Å². The van der Waals surface area contributed by atoms with Crippen molar-refractivity contribution in [1.82, 2.24) is 4.31 Å². The second kappa shape index (κ2) is 7.43. The van der Waals surface area contributed by atoms with E-state index < -0.39 is 10.0 Å². The van der Waals surface area contributed by atoms with E-state index in [0.29, 0.717) is 29.8 Å².